The van der Waals surface area contributed by atoms with E-state index in [1.165, 1.54) is 0 Å². The molecule has 0 spiro atoms. The van der Waals surface area contributed by atoms with Crippen LogP contribution in [0.5, 0.6) is 0 Å². The minimum absolute atomic E-state index is 0.0316. The van der Waals surface area contributed by atoms with Crippen molar-refractivity contribution in [3.05, 3.63) is 0 Å². The van der Waals surface area contributed by atoms with Crippen molar-refractivity contribution in [1.29, 1.82) is 0 Å². The molecule has 0 amide bonds. The summed E-state index contributed by atoms with van der Waals surface area (Å²) in [4.78, 5) is 27.3. The van der Waals surface area contributed by atoms with E-state index in [-0.39, 0.29) is 6.42 Å². The zero-order chi connectivity index (χ0) is 12.0. The van der Waals surface area contributed by atoms with Crippen LogP contribution < -0.4 is 0 Å². The average Bonchev–Trinajstić information content (AvgIpc) is 2.68. The Morgan fingerprint density at radius 3 is 2.50 bits per heavy atom. The van der Waals surface area contributed by atoms with Gasteiger partial charge in [0.1, 0.15) is 0 Å². The number of aliphatic imine (C=N–C) groups is 1. The third-order valence-electron chi connectivity index (χ3n) is 2.42. The lowest BCUT2D eigenvalue weighted by molar-refractivity contribution is -0.156. The Morgan fingerprint density at radius 2 is 2.00 bits per heavy atom. The van der Waals surface area contributed by atoms with E-state index in [4.69, 9.17) is 9.47 Å². The summed E-state index contributed by atoms with van der Waals surface area (Å²) >= 11 is 0. The lowest BCUT2D eigenvalue weighted by Crippen LogP contribution is -2.39. The first-order chi connectivity index (χ1) is 7.64. The summed E-state index contributed by atoms with van der Waals surface area (Å²) in [6.07, 6.45) is 2.84. The fourth-order valence-electron chi connectivity index (χ4n) is 1.68. The Labute approximate surface area is 94.8 Å². The first-order valence-electron chi connectivity index (χ1n) is 5.51. The van der Waals surface area contributed by atoms with Crippen LogP contribution in [0.1, 0.15) is 33.1 Å². The molecular formula is C11H17NO4. The van der Waals surface area contributed by atoms with Crippen LogP contribution in [0.4, 0.5) is 0 Å². The number of rotatable bonds is 5. The molecule has 0 aliphatic carbocycles. The van der Waals surface area contributed by atoms with Crippen LogP contribution in [0.2, 0.25) is 0 Å². The third-order valence-corrected chi connectivity index (χ3v) is 2.42. The van der Waals surface area contributed by atoms with Gasteiger partial charge in [0.15, 0.2) is 5.54 Å². The highest BCUT2D eigenvalue weighted by Gasteiger charge is 2.43. The van der Waals surface area contributed by atoms with E-state index in [0.717, 1.165) is 0 Å². The smallest absolute Gasteiger partial charge is 0.334 e. The van der Waals surface area contributed by atoms with Gasteiger partial charge in [0.2, 0.25) is 0 Å². The normalized spacial score (nSPS) is 23.1. The number of carbonyl (C=O) groups is 2. The summed E-state index contributed by atoms with van der Waals surface area (Å²) in [6.45, 7) is 4.06. The van der Waals surface area contributed by atoms with Crippen molar-refractivity contribution in [3.63, 3.8) is 0 Å². The van der Waals surface area contributed by atoms with Gasteiger partial charge >= 0.3 is 11.9 Å². The maximum Gasteiger partial charge on any atom is 0.334 e. The summed E-state index contributed by atoms with van der Waals surface area (Å²) < 4.78 is 9.78. The van der Waals surface area contributed by atoms with Crippen LogP contribution in [-0.2, 0) is 19.1 Å². The monoisotopic (exact) mass is 227 g/mol. The average molecular weight is 227 g/mol. The van der Waals surface area contributed by atoms with E-state index in [1.807, 2.05) is 0 Å². The fraction of sp³-hybridized carbons (Fsp3) is 0.727. The molecule has 1 unspecified atom stereocenters. The fourth-order valence-corrected chi connectivity index (χ4v) is 1.68. The highest BCUT2D eigenvalue weighted by Crippen LogP contribution is 2.29. The molecule has 1 heterocycles. The Kier molecular flexibility index (Phi) is 4.46. The number of hydrogen-bond acceptors (Lipinski definition) is 5. The molecule has 0 aromatic carbocycles. The topological polar surface area (TPSA) is 65.0 Å². The van der Waals surface area contributed by atoms with Crippen LogP contribution in [-0.4, -0.2) is 36.9 Å². The van der Waals surface area contributed by atoms with Crippen molar-refractivity contribution in [2.75, 3.05) is 13.2 Å². The van der Waals surface area contributed by atoms with Gasteiger partial charge in [0.25, 0.3) is 0 Å². The number of hydrogen-bond donors (Lipinski definition) is 0. The summed E-state index contributed by atoms with van der Waals surface area (Å²) in [5, 5.41) is 0. The second-order valence-electron chi connectivity index (χ2n) is 3.58. The Balaban J connectivity index is 2.69. The summed E-state index contributed by atoms with van der Waals surface area (Å²) in [5.74, 6) is -0.841. The van der Waals surface area contributed by atoms with E-state index in [0.29, 0.717) is 26.1 Å². The van der Waals surface area contributed by atoms with Gasteiger partial charge in [-0.3, -0.25) is 9.79 Å². The molecule has 5 nitrogen and oxygen atoms in total. The van der Waals surface area contributed by atoms with E-state index in [2.05, 4.69) is 4.99 Å². The Morgan fingerprint density at radius 1 is 1.31 bits per heavy atom. The molecule has 16 heavy (non-hydrogen) atoms. The minimum Gasteiger partial charge on any atom is -0.466 e. The van der Waals surface area contributed by atoms with Crippen LogP contribution in [0.15, 0.2) is 4.99 Å². The third kappa shape index (κ3) is 2.81. The molecule has 1 aliphatic heterocycles. The number of ether oxygens (including phenoxy) is 2. The zero-order valence-corrected chi connectivity index (χ0v) is 9.69. The lowest BCUT2D eigenvalue weighted by atomic mass is 9.93. The predicted octanol–water partition coefficient (Wildman–Crippen LogP) is 1.11. The minimum atomic E-state index is -1.04. The van der Waals surface area contributed by atoms with Crippen LogP contribution in [0.3, 0.4) is 0 Å². The van der Waals surface area contributed by atoms with E-state index < -0.39 is 17.5 Å². The van der Waals surface area contributed by atoms with Crippen molar-refractivity contribution < 1.29 is 19.1 Å². The van der Waals surface area contributed by atoms with Gasteiger partial charge in [0, 0.05) is 6.21 Å². The van der Waals surface area contributed by atoms with Crippen LogP contribution in [0.25, 0.3) is 0 Å². The lowest BCUT2D eigenvalue weighted by Gasteiger charge is -2.22. The zero-order valence-electron chi connectivity index (χ0n) is 9.69. The van der Waals surface area contributed by atoms with E-state index >= 15 is 0 Å². The van der Waals surface area contributed by atoms with E-state index in [9.17, 15) is 9.59 Å². The van der Waals surface area contributed by atoms with Crippen molar-refractivity contribution in [2.45, 2.75) is 38.6 Å². The molecule has 0 saturated carbocycles. The second-order valence-corrected chi connectivity index (χ2v) is 3.58. The van der Waals surface area contributed by atoms with Crippen LogP contribution in [0, 0.1) is 0 Å². The van der Waals surface area contributed by atoms with Crippen molar-refractivity contribution in [3.8, 4) is 0 Å². The quantitative estimate of drug-likeness (QED) is 0.660. The van der Waals surface area contributed by atoms with Crippen molar-refractivity contribution in [2.24, 2.45) is 4.99 Å². The first kappa shape index (κ1) is 12.7. The van der Waals surface area contributed by atoms with Gasteiger partial charge in [0.05, 0.1) is 19.6 Å². The summed E-state index contributed by atoms with van der Waals surface area (Å²) in [5.41, 5.74) is -1.04. The maximum atomic E-state index is 11.8. The molecule has 0 bridgehead atoms. The number of carbonyl (C=O) groups excluding carboxylic acids is 2. The van der Waals surface area contributed by atoms with Crippen LogP contribution >= 0.6 is 0 Å². The first-order valence-corrected chi connectivity index (χ1v) is 5.51. The molecule has 0 aromatic heterocycles. The summed E-state index contributed by atoms with van der Waals surface area (Å²) in [7, 11) is 0. The molecule has 1 rings (SSSR count). The van der Waals surface area contributed by atoms with Gasteiger partial charge in [-0.25, -0.2) is 4.79 Å². The molecule has 1 atom stereocenters. The standard InChI is InChI=1S/C11H17NO4/c1-3-15-9(13)8-11(6-5-7-12-11)10(14)16-4-2/h7H,3-6,8H2,1-2H3. The molecule has 1 aliphatic rings. The highest BCUT2D eigenvalue weighted by atomic mass is 16.5. The number of esters is 2. The SMILES string of the molecule is CCOC(=O)CC1(C(=O)OCC)CCC=N1. The highest BCUT2D eigenvalue weighted by molar-refractivity contribution is 5.90. The van der Waals surface area contributed by atoms with Gasteiger partial charge in [-0.2, -0.15) is 0 Å². The molecule has 5 heteroatoms. The molecule has 0 radical (unpaired) electrons. The van der Waals surface area contributed by atoms with Crippen molar-refractivity contribution in [1.82, 2.24) is 0 Å². The molecule has 0 aromatic rings. The van der Waals surface area contributed by atoms with Gasteiger partial charge in [-0.15, -0.1) is 0 Å². The van der Waals surface area contributed by atoms with Gasteiger partial charge in [-0.1, -0.05) is 0 Å². The molecular weight excluding hydrogens is 210 g/mol. The maximum absolute atomic E-state index is 11.8. The molecule has 0 N–H and O–H groups in total. The van der Waals surface area contributed by atoms with E-state index in [1.54, 1.807) is 20.1 Å². The number of nitrogens with zero attached hydrogens (tertiary/aromatic N) is 1. The Hall–Kier alpha value is -1.39. The second kappa shape index (κ2) is 5.63. The predicted molar refractivity (Wildman–Crippen MR) is 58.3 cm³/mol. The molecule has 0 fully saturated rings. The van der Waals surface area contributed by atoms with Gasteiger partial charge < -0.3 is 9.47 Å². The largest absolute Gasteiger partial charge is 0.466 e. The molecule has 0 saturated heterocycles. The molecule has 90 valence electrons. The van der Waals surface area contributed by atoms with Gasteiger partial charge in [-0.05, 0) is 26.7 Å². The van der Waals surface area contributed by atoms with Crippen molar-refractivity contribution >= 4 is 18.2 Å². The Bertz CT molecular complexity index is 300. The summed E-state index contributed by atoms with van der Waals surface area (Å²) in [6, 6.07) is 0.